The van der Waals surface area contributed by atoms with Gasteiger partial charge in [0.2, 0.25) is 0 Å². The summed E-state index contributed by atoms with van der Waals surface area (Å²) in [6.07, 6.45) is 1.17. The summed E-state index contributed by atoms with van der Waals surface area (Å²) in [7, 11) is -3.18. The number of sulfone groups is 1. The van der Waals surface area contributed by atoms with E-state index in [2.05, 4.69) is 0 Å². The summed E-state index contributed by atoms with van der Waals surface area (Å²) in [6, 6.07) is 13.7. The first kappa shape index (κ1) is 14.4. The topological polar surface area (TPSA) is 84.0 Å². The van der Waals surface area contributed by atoms with Gasteiger partial charge in [-0.15, -0.1) is 0 Å². The predicted octanol–water partition coefficient (Wildman–Crippen LogP) is 2.70. The number of nitrogens with zero attached hydrogens (tertiary/aromatic N) is 1. The number of rotatable bonds is 3. The van der Waals surface area contributed by atoms with Crippen LogP contribution in [0.4, 0.5) is 5.69 Å². The molecule has 0 amide bonds. The van der Waals surface area contributed by atoms with Crippen molar-refractivity contribution in [1.82, 2.24) is 0 Å². The minimum absolute atomic E-state index is 0.287. The molecule has 0 atom stereocenters. The summed E-state index contributed by atoms with van der Waals surface area (Å²) in [5, 5.41) is 8.78. The molecule has 2 aromatic carbocycles. The quantitative estimate of drug-likeness (QED) is 0.881. The number of hydrogen-bond donors (Lipinski definition) is 1. The lowest BCUT2D eigenvalue weighted by atomic mass is 10.2. The van der Waals surface area contributed by atoms with Gasteiger partial charge in [0.15, 0.2) is 9.84 Å². The summed E-state index contributed by atoms with van der Waals surface area (Å²) in [5.74, 6) is 0. The van der Waals surface area contributed by atoms with Gasteiger partial charge in [-0.1, -0.05) is 11.8 Å². The number of hydrogen-bond acceptors (Lipinski definition) is 5. The van der Waals surface area contributed by atoms with Crippen molar-refractivity contribution in [3.8, 4) is 6.07 Å². The average molecular weight is 304 g/mol. The van der Waals surface area contributed by atoms with E-state index < -0.39 is 9.84 Å². The van der Waals surface area contributed by atoms with E-state index in [0.29, 0.717) is 11.3 Å². The molecule has 0 aliphatic heterocycles. The second kappa shape index (κ2) is 5.57. The summed E-state index contributed by atoms with van der Waals surface area (Å²) in [6.45, 7) is 0. The van der Waals surface area contributed by atoms with Gasteiger partial charge in [-0.05, 0) is 42.5 Å². The van der Waals surface area contributed by atoms with E-state index in [0.717, 1.165) is 9.79 Å². The SMILES string of the molecule is CS(=O)(=O)c1ccc(Sc2ccc(C#N)cc2N)cc1. The molecule has 0 aliphatic rings. The van der Waals surface area contributed by atoms with Gasteiger partial charge < -0.3 is 5.73 Å². The summed E-state index contributed by atoms with van der Waals surface area (Å²) >= 11 is 1.42. The van der Waals surface area contributed by atoms with Crippen LogP contribution in [0.3, 0.4) is 0 Å². The maximum absolute atomic E-state index is 11.4. The van der Waals surface area contributed by atoms with Crippen LogP contribution in [-0.4, -0.2) is 14.7 Å². The first-order chi connectivity index (χ1) is 9.40. The molecular weight excluding hydrogens is 292 g/mol. The van der Waals surface area contributed by atoms with Gasteiger partial charge in [0, 0.05) is 21.7 Å². The number of nitrogen functional groups attached to an aromatic ring is 1. The van der Waals surface area contributed by atoms with Crippen LogP contribution in [0.5, 0.6) is 0 Å². The molecule has 0 unspecified atom stereocenters. The second-order valence-corrected chi connectivity index (χ2v) is 7.34. The zero-order chi connectivity index (χ0) is 14.8. The molecular formula is C14H12N2O2S2. The Hall–Kier alpha value is -1.97. The predicted molar refractivity (Wildman–Crippen MR) is 79.2 cm³/mol. The molecule has 4 nitrogen and oxygen atoms in total. The highest BCUT2D eigenvalue weighted by Crippen LogP contribution is 2.32. The molecule has 0 fully saturated rings. The van der Waals surface area contributed by atoms with E-state index in [-0.39, 0.29) is 4.90 Å². The van der Waals surface area contributed by atoms with Crippen LogP contribution in [0.1, 0.15) is 5.56 Å². The van der Waals surface area contributed by atoms with Gasteiger partial charge in [0.05, 0.1) is 16.5 Å². The van der Waals surface area contributed by atoms with Crippen LogP contribution in [0.2, 0.25) is 0 Å². The molecule has 0 saturated carbocycles. The van der Waals surface area contributed by atoms with Crippen molar-refractivity contribution in [2.24, 2.45) is 0 Å². The van der Waals surface area contributed by atoms with Crippen LogP contribution >= 0.6 is 11.8 Å². The van der Waals surface area contributed by atoms with Crippen LogP contribution in [-0.2, 0) is 9.84 Å². The van der Waals surface area contributed by atoms with Crippen molar-refractivity contribution < 1.29 is 8.42 Å². The summed E-state index contributed by atoms with van der Waals surface area (Å²) in [5.41, 5.74) is 6.92. The fourth-order valence-corrected chi connectivity index (χ4v) is 3.06. The van der Waals surface area contributed by atoms with Crippen LogP contribution in [0.25, 0.3) is 0 Å². The number of benzene rings is 2. The molecule has 0 aliphatic carbocycles. The van der Waals surface area contributed by atoms with Crippen molar-refractivity contribution in [2.45, 2.75) is 14.7 Å². The monoisotopic (exact) mass is 304 g/mol. The Morgan fingerprint density at radius 1 is 1.15 bits per heavy atom. The third-order valence-corrected chi connectivity index (χ3v) is 4.85. The zero-order valence-corrected chi connectivity index (χ0v) is 12.3. The molecule has 2 rings (SSSR count). The van der Waals surface area contributed by atoms with Gasteiger partial charge in [-0.3, -0.25) is 0 Å². The highest BCUT2D eigenvalue weighted by atomic mass is 32.2. The fourth-order valence-electron chi connectivity index (χ4n) is 1.59. The molecule has 0 aromatic heterocycles. The van der Waals surface area contributed by atoms with E-state index in [1.807, 2.05) is 6.07 Å². The fraction of sp³-hybridized carbons (Fsp3) is 0.0714. The van der Waals surface area contributed by atoms with Crippen molar-refractivity contribution >= 4 is 27.3 Å². The Labute approximate surface area is 122 Å². The molecule has 102 valence electrons. The van der Waals surface area contributed by atoms with Gasteiger partial charge in [0.1, 0.15) is 0 Å². The lowest BCUT2D eigenvalue weighted by Crippen LogP contribution is -1.96. The zero-order valence-electron chi connectivity index (χ0n) is 10.7. The molecule has 0 radical (unpaired) electrons. The molecule has 2 N–H and O–H groups in total. The van der Waals surface area contributed by atoms with Crippen LogP contribution in [0, 0.1) is 11.3 Å². The molecule has 0 heterocycles. The Bertz CT molecular complexity index is 776. The first-order valence-corrected chi connectivity index (χ1v) is 8.38. The minimum Gasteiger partial charge on any atom is -0.398 e. The van der Waals surface area contributed by atoms with Gasteiger partial charge in [0.25, 0.3) is 0 Å². The van der Waals surface area contributed by atoms with Crippen LogP contribution in [0.15, 0.2) is 57.2 Å². The highest BCUT2D eigenvalue weighted by molar-refractivity contribution is 7.99. The van der Waals surface area contributed by atoms with E-state index >= 15 is 0 Å². The minimum atomic E-state index is -3.18. The normalized spacial score (nSPS) is 11.0. The van der Waals surface area contributed by atoms with Gasteiger partial charge in [-0.25, -0.2) is 8.42 Å². The Morgan fingerprint density at radius 3 is 2.30 bits per heavy atom. The highest BCUT2D eigenvalue weighted by Gasteiger charge is 2.08. The largest absolute Gasteiger partial charge is 0.398 e. The maximum atomic E-state index is 11.4. The smallest absolute Gasteiger partial charge is 0.175 e. The Kier molecular flexibility index (Phi) is 4.02. The molecule has 20 heavy (non-hydrogen) atoms. The van der Waals surface area contributed by atoms with Gasteiger partial charge >= 0.3 is 0 Å². The summed E-state index contributed by atoms with van der Waals surface area (Å²) < 4.78 is 22.7. The van der Waals surface area contributed by atoms with Crippen molar-refractivity contribution in [2.75, 3.05) is 12.0 Å². The molecule has 6 heteroatoms. The standard InChI is InChI=1S/C14H12N2O2S2/c1-20(17,18)12-5-3-11(4-6-12)19-14-7-2-10(9-15)8-13(14)16/h2-8H,16H2,1H3. The summed E-state index contributed by atoms with van der Waals surface area (Å²) in [4.78, 5) is 2.00. The average Bonchev–Trinajstić information content (AvgIpc) is 2.40. The van der Waals surface area contributed by atoms with Crippen LogP contribution < -0.4 is 5.73 Å². The van der Waals surface area contributed by atoms with Crippen molar-refractivity contribution in [3.63, 3.8) is 0 Å². The van der Waals surface area contributed by atoms with Crippen molar-refractivity contribution in [3.05, 3.63) is 48.0 Å². The lowest BCUT2D eigenvalue weighted by molar-refractivity contribution is 0.602. The number of nitrogens with two attached hydrogens (primary N) is 1. The number of nitriles is 1. The molecule has 0 spiro atoms. The molecule has 0 bridgehead atoms. The molecule has 2 aromatic rings. The third-order valence-electron chi connectivity index (χ3n) is 2.62. The molecule has 0 saturated heterocycles. The Balaban J connectivity index is 2.25. The number of anilines is 1. The lowest BCUT2D eigenvalue weighted by Gasteiger charge is -2.06. The van der Waals surface area contributed by atoms with Gasteiger partial charge in [-0.2, -0.15) is 5.26 Å². The third kappa shape index (κ3) is 3.32. The van der Waals surface area contributed by atoms with E-state index in [4.69, 9.17) is 11.0 Å². The van der Waals surface area contributed by atoms with E-state index in [9.17, 15) is 8.42 Å². The second-order valence-electron chi connectivity index (χ2n) is 4.21. The van der Waals surface area contributed by atoms with E-state index in [1.54, 1.807) is 42.5 Å². The van der Waals surface area contributed by atoms with Crippen molar-refractivity contribution in [1.29, 1.82) is 5.26 Å². The Morgan fingerprint density at radius 2 is 1.80 bits per heavy atom. The maximum Gasteiger partial charge on any atom is 0.175 e. The van der Waals surface area contributed by atoms with E-state index in [1.165, 1.54) is 18.0 Å². The first-order valence-electron chi connectivity index (χ1n) is 5.68.